The zero-order chi connectivity index (χ0) is 9.56. The summed E-state index contributed by atoms with van der Waals surface area (Å²) in [6.07, 6.45) is 1.87. The first-order valence-corrected chi connectivity index (χ1v) is 3.85. The molecule has 4 nitrogen and oxygen atoms in total. The lowest BCUT2D eigenvalue weighted by Crippen LogP contribution is -2.27. The maximum absolute atomic E-state index is 9.99. The summed E-state index contributed by atoms with van der Waals surface area (Å²) in [5, 5.41) is 20.1. The Morgan fingerprint density at radius 3 is 2.58 bits per heavy atom. The van der Waals surface area contributed by atoms with Gasteiger partial charge in [0.2, 0.25) is 0 Å². The van der Waals surface area contributed by atoms with Crippen LogP contribution in [0.3, 0.4) is 0 Å². The summed E-state index contributed by atoms with van der Waals surface area (Å²) in [6.45, 7) is 4.17. The Morgan fingerprint density at radius 2 is 2.17 bits per heavy atom. The second-order valence-electron chi connectivity index (χ2n) is 2.89. The molecule has 1 atom stereocenters. The Kier molecular flexibility index (Phi) is 5.12. The minimum atomic E-state index is -0.999. The van der Waals surface area contributed by atoms with Gasteiger partial charge in [-0.3, -0.25) is 0 Å². The molecule has 3 N–H and O–H groups in total. The maximum Gasteiger partial charge on any atom is 0.329 e. The molecule has 70 valence electrons. The summed E-state index contributed by atoms with van der Waals surface area (Å²) >= 11 is 0. The Labute approximate surface area is 71.9 Å². The van der Waals surface area contributed by atoms with Crippen molar-refractivity contribution in [1.29, 1.82) is 0 Å². The number of hydrogen-bond donors (Lipinski definition) is 3. The summed E-state index contributed by atoms with van der Waals surface area (Å²) in [5.41, 5.74) is 0. The molecule has 0 saturated carbocycles. The third-order valence-corrected chi connectivity index (χ3v) is 1.44. The van der Waals surface area contributed by atoms with Gasteiger partial charge in [0.15, 0.2) is 0 Å². The largest absolute Gasteiger partial charge is 0.478 e. The molecule has 0 fully saturated rings. The van der Waals surface area contributed by atoms with Crippen LogP contribution in [0.2, 0.25) is 0 Å². The minimum Gasteiger partial charge on any atom is -0.478 e. The van der Waals surface area contributed by atoms with Crippen LogP contribution in [0.15, 0.2) is 12.3 Å². The van der Waals surface area contributed by atoms with Crippen molar-refractivity contribution in [3.05, 3.63) is 12.3 Å². The van der Waals surface area contributed by atoms with Crippen molar-refractivity contribution in [1.82, 2.24) is 5.32 Å². The molecule has 1 unspecified atom stereocenters. The van der Waals surface area contributed by atoms with Gasteiger partial charge in [-0.25, -0.2) is 4.79 Å². The summed E-state index contributed by atoms with van der Waals surface area (Å²) < 4.78 is 0. The first kappa shape index (κ1) is 11.0. The standard InChI is InChI=1S/C8H15NO3/c1-6(2)7(10)5-9-4-3-8(11)12/h3-4,6-7,9-10H,5H2,1-2H3,(H,11,12)/b4-3+. The van der Waals surface area contributed by atoms with Gasteiger partial charge in [0.05, 0.1) is 6.10 Å². The highest BCUT2D eigenvalue weighted by Crippen LogP contribution is 1.98. The molecule has 0 aromatic heterocycles. The Morgan fingerprint density at radius 1 is 1.58 bits per heavy atom. The van der Waals surface area contributed by atoms with E-state index in [1.54, 1.807) is 0 Å². The van der Waals surface area contributed by atoms with Crippen molar-refractivity contribution < 1.29 is 15.0 Å². The molecule has 4 heteroatoms. The highest BCUT2D eigenvalue weighted by atomic mass is 16.4. The van der Waals surface area contributed by atoms with Crippen LogP contribution in [0.1, 0.15) is 13.8 Å². The molecule has 0 heterocycles. The second kappa shape index (κ2) is 5.60. The van der Waals surface area contributed by atoms with Crippen molar-refractivity contribution in [2.24, 2.45) is 5.92 Å². The lowest BCUT2D eigenvalue weighted by atomic mass is 10.1. The number of carboxylic acids is 1. The fourth-order valence-electron chi connectivity index (χ4n) is 0.555. The van der Waals surface area contributed by atoms with Crippen LogP contribution >= 0.6 is 0 Å². The first-order valence-electron chi connectivity index (χ1n) is 3.85. The number of hydrogen-bond acceptors (Lipinski definition) is 3. The fraction of sp³-hybridized carbons (Fsp3) is 0.625. The number of rotatable bonds is 5. The number of aliphatic hydroxyl groups is 1. The minimum absolute atomic E-state index is 0.177. The van der Waals surface area contributed by atoms with E-state index in [1.807, 2.05) is 13.8 Å². The SMILES string of the molecule is CC(C)C(O)CN/C=C/C(=O)O. The third kappa shape index (κ3) is 5.73. The highest BCUT2D eigenvalue weighted by molar-refractivity contribution is 5.79. The van der Waals surface area contributed by atoms with E-state index < -0.39 is 12.1 Å². The molecule has 0 aliphatic carbocycles. The molecule has 0 spiro atoms. The first-order chi connectivity index (χ1) is 5.54. The van der Waals surface area contributed by atoms with Crippen molar-refractivity contribution >= 4 is 5.97 Å². The number of carboxylic acid groups (broad SMARTS) is 1. The molecule has 0 aromatic carbocycles. The summed E-state index contributed by atoms with van der Waals surface area (Å²) in [5.74, 6) is -0.822. The zero-order valence-electron chi connectivity index (χ0n) is 7.32. The van der Waals surface area contributed by atoms with E-state index in [0.29, 0.717) is 6.54 Å². The number of aliphatic hydroxyl groups excluding tert-OH is 1. The van der Waals surface area contributed by atoms with E-state index in [-0.39, 0.29) is 5.92 Å². The highest BCUT2D eigenvalue weighted by Gasteiger charge is 2.06. The van der Waals surface area contributed by atoms with Crippen LogP contribution in [0.4, 0.5) is 0 Å². The van der Waals surface area contributed by atoms with Gasteiger partial charge in [0, 0.05) is 18.8 Å². The van der Waals surface area contributed by atoms with Crippen LogP contribution in [-0.2, 0) is 4.79 Å². The molecule has 12 heavy (non-hydrogen) atoms. The monoisotopic (exact) mass is 173 g/mol. The maximum atomic E-state index is 9.99. The van der Waals surface area contributed by atoms with Crippen LogP contribution < -0.4 is 5.32 Å². The Hall–Kier alpha value is -1.03. The van der Waals surface area contributed by atoms with Crippen LogP contribution in [-0.4, -0.2) is 28.8 Å². The molecule has 0 rings (SSSR count). The normalized spacial score (nSPS) is 13.7. The van der Waals surface area contributed by atoms with Gasteiger partial charge < -0.3 is 15.5 Å². The molecule has 0 aliphatic heterocycles. The molecule has 0 aromatic rings. The molecule has 0 radical (unpaired) electrons. The van der Waals surface area contributed by atoms with Crippen LogP contribution in [0.25, 0.3) is 0 Å². The van der Waals surface area contributed by atoms with Gasteiger partial charge >= 0.3 is 5.97 Å². The van der Waals surface area contributed by atoms with Crippen molar-refractivity contribution in [3.8, 4) is 0 Å². The summed E-state index contributed by atoms with van der Waals surface area (Å²) in [4.78, 5) is 9.99. The number of nitrogens with one attached hydrogen (secondary N) is 1. The Bertz CT molecular complexity index is 166. The lowest BCUT2D eigenvalue weighted by molar-refractivity contribution is -0.131. The Balaban J connectivity index is 3.49. The van der Waals surface area contributed by atoms with Crippen molar-refractivity contribution in [2.45, 2.75) is 20.0 Å². The van der Waals surface area contributed by atoms with E-state index in [0.717, 1.165) is 6.08 Å². The van der Waals surface area contributed by atoms with E-state index >= 15 is 0 Å². The molecule has 0 bridgehead atoms. The molecule has 0 saturated heterocycles. The third-order valence-electron chi connectivity index (χ3n) is 1.44. The van der Waals surface area contributed by atoms with E-state index in [9.17, 15) is 9.90 Å². The fourth-order valence-corrected chi connectivity index (χ4v) is 0.555. The van der Waals surface area contributed by atoms with E-state index in [1.165, 1.54) is 6.20 Å². The smallest absolute Gasteiger partial charge is 0.329 e. The molecule has 0 aliphatic rings. The average molecular weight is 173 g/mol. The summed E-state index contributed by atoms with van der Waals surface area (Å²) in [7, 11) is 0. The average Bonchev–Trinajstić information content (AvgIpc) is 1.97. The predicted octanol–water partition coefficient (Wildman–Crippen LogP) is 0.191. The van der Waals surface area contributed by atoms with Gasteiger partial charge in [0.1, 0.15) is 0 Å². The molecular weight excluding hydrogens is 158 g/mol. The van der Waals surface area contributed by atoms with Crippen molar-refractivity contribution in [3.63, 3.8) is 0 Å². The van der Waals surface area contributed by atoms with Gasteiger partial charge in [0.25, 0.3) is 0 Å². The summed E-state index contributed by atoms with van der Waals surface area (Å²) in [6, 6.07) is 0. The number of aliphatic carboxylic acids is 1. The number of carbonyl (C=O) groups is 1. The van der Waals surface area contributed by atoms with Gasteiger partial charge in [-0.05, 0) is 5.92 Å². The van der Waals surface area contributed by atoms with Gasteiger partial charge in [-0.2, -0.15) is 0 Å². The topological polar surface area (TPSA) is 69.6 Å². The van der Waals surface area contributed by atoms with E-state index in [2.05, 4.69) is 5.32 Å². The molecular formula is C8H15NO3. The molecule has 0 amide bonds. The van der Waals surface area contributed by atoms with E-state index in [4.69, 9.17) is 5.11 Å². The predicted molar refractivity (Wildman–Crippen MR) is 45.6 cm³/mol. The lowest BCUT2D eigenvalue weighted by Gasteiger charge is -2.13. The van der Waals surface area contributed by atoms with Crippen molar-refractivity contribution in [2.75, 3.05) is 6.54 Å². The zero-order valence-corrected chi connectivity index (χ0v) is 7.32. The van der Waals surface area contributed by atoms with Gasteiger partial charge in [-0.1, -0.05) is 13.8 Å². The second-order valence-corrected chi connectivity index (χ2v) is 2.89. The van der Waals surface area contributed by atoms with Crippen LogP contribution in [0.5, 0.6) is 0 Å². The van der Waals surface area contributed by atoms with Gasteiger partial charge in [-0.15, -0.1) is 0 Å². The quantitative estimate of drug-likeness (QED) is 0.519. The van der Waals surface area contributed by atoms with Crippen LogP contribution in [0, 0.1) is 5.92 Å².